The van der Waals surface area contributed by atoms with Crippen LogP contribution < -0.4 is 5.32 Å². The summed E-state index contributed by atoms with van der Waals surface area (Å²) in [6.45, 7) is 2.05. The van der Waals surface area contributed by atoms with E-state index in [1.165, 1.54) is 0 Å². The van der Waals surface area contributed by atoms with Crippen LogP contribution in [-0.4, -0.2) is 23.7 Å². The summed E-state index contributed by atoms with van der Waals surface area (Å²) in [4.78, 5) is 12.0. The average molecular weight is 307 g/mol. The molecule has 116 valence electrons. The van der Waals surface area contributed by atoms with Gasteiger partial charge in [-0.25, -0.2) is 4.79 Å². The fraction of sp³-hybridized carbons (Fsp3) is 0.211. The zero-order chi connectivity index (χ0) is 16.0. The van der Waals surface area contributed by atoms with Crippen LogP contribution in [0.15, 0.2) is 48.5 Å². The van der Waals surface area contributed by atoms with Gasteiger partial charge in [0.15, 0.2) is 6.04 Å². The van der Waals surface area contributed by atoms with Gasteiger partial charge in [0, 0.05) is 11.3 Å². The third kappa shape index (κ3) is 2.14. The Morgan fingerprint density at radius 1 is 1.13 bits per heavy atom. The average Bonchev–Trinajstić information content (AvgIpc) is 2.90. The second kappa shape index (κ2) is 5.25. The fourth-order valence-electron chi connectivity index (χ4n) is 3.31. The molecule has 4 rings (SSSR count). The number of carbonyl (C=O) groups excluding carboxylic acids is 1. The summed E-state index contributed by atoms with van der Waals surface area (Å²) in [7, 11) is 0. The van der Waals surface area contributed by atoms with Crippen molar-refractivity contribution in [2.75, 3.05) is 11.9 Å². The molecular weight excluding hydrogens is 290 g/mol. The maximum absolute atomic E-state index is 12.0. The maximum Gasteiger partial charge on any atom is 0.331 e. The SMILES string of the molecule is CCOC(=O)[C@@H]1Nc2ccc3cc4ccccc4cc3c2[C@H]1O. The molecule has 0 amide bonds. The first kappa shape index (κ1) is 14.0. The molecule has 0 unspecified atom stereocenters. The molecule has 1 heterocycles. The van der Waals surface area contributed by atoms with Crippen molar-refractivity contribution < 1.29 is 14.6 Å². The molecule has 0 saturated heterocycles. The van der Waals surface area contributed by atoms with Gasteiger partial charge in [0.05, 0.1) is 6.61 Å². The number of aliphatic hydroxyl groups excluding tert-OH is 1. The first-order chi connectivity index (χ1) is 11.2. The van der Waals surface area contributed by atoms with Crippen molar-refractivity contribution in [3.05, 3.63) is 54.1 Å². The van der Waals surface area contributed by atoms with Crippen LogP contribution >= 0.6 is 0 Å². The highest BCUT2D eigenvalue weighted by atomic mass is 16.5. The lowest BCUT2D eigenvalue weighted by atomic mass is 9.96. The molecule has 1 aliphatic rings. The highest BCUT2D eigenvalue weighted by Gasteiger charge is 2.37. The first-order valence-corrected chi connectivity index (χ1v) is 7.75. The van der Waals surface area contributed by atoms with E-state index in [1.54, 1.807) is 6.92 Å². The smallest absolute Gasteiger partial charge is 0.331 e. The van der Waals surface area contributed by atoms with Crippen LogP contribution in [0.3, 0.4) is 0 Å². The Morgan fingerprint density at radius 2 is 1.87 bits per heavy atom. The number of fused-ring (bicyclic) bond motifs is 4. The third-order valence-corrected chi connectivity index (χ3v) is 4.39. The van der Waals surface area contributed by atoms with E-state index in [1.807, 2.05) is 30.3 Å². The van der Waals surface area contributed by atoms with Crippen LogP contribution in [0, 0.1) is 0 Å². The van der Waals surface area contributed by atoms with Crippen LogP contribution in [0.5, 0.6) is 0 Å². The fourth-order valence-corrected chi connectivity index (χ4v) is 3.31. The van der Waals surface area contributed by atoms with E-state index in [2.05, 4.69) is 23.5 Å². The summed E-state index contributed by atoms with van der Waals surface area (Å²) in [6, 6.07) is 15.5. The molecule has 3 aromatic carbocycles. The molecule has 0 saturated carbocycles. The van der Waals surface area contributed by atoms with Gasteiger partial charge in [0.1, 0.15) is 6.10 Å². The Labute approximate surface area is 133 Å². The van der Waals surface area contributed by atoms with Gasteiger partial charge in [-0.2, -0.15) is 0 Å². The number of hydrogen-bond acceptors (Lipinski definition) is 4. The van der Waals surface area contributed by atoms with Gasteiger partial charge in [-0.05, 0) is 46.7 Å². The van der Waals surface area contributed by atoms with Crippen LogP contribution in [-0.2, 0) is 9.53 Å². The van der Waals surface area contributed by atoms with Crippen LogP contribution in [0.2, 0.25) is 0 Å². The van der Waals surface area contributed by atoms with E-state index in [-0.39, 0.29) is 0 Å². The van der Waals surface area contributed by atoms with Crippen LogP contribution in [0.1, 0.15) is 18.6 Å². The Balaban J connectivity index is 1.88. The highest BCUT2D eigenvalue weighted by Crippen LogP contribution is 2.40. The van der Waals surface area contributed by atoms with Gasteiger partial charge in [0.2, 0.25) is 0 Å². The summed E-state index contributed by atoms with van der Waals surface area (Å²) < 4.78 is 5.05. The zero-order valence-electron chi connectivity index (χ0n) is 12.7. The quantitative estimate of drug-likeness (QED) is 0.563. The molecular formula is C19H17NO3. The molecule has 0 bridgehead atoms. The van der Waals surface area contributed by atoms with Crippen molar-refractivity contribution in [3.63, 3.8) is 0 Å². The predicted octanol–water partition coefficient (Wildman–Crippen LogP) is 3.38. The van der Waals surface area contributed by atoms with E-state index in [9.17, 15) is 9.90 Å². The monoisotopic (exact) mass is 307 g/mol. The number of esters is 1. The van der Waals surface area contributed by atoms with Crippen molar-refractivity contribution in [1.82, 2.24) is 0 Å². The van der Waals surface area contributed by atoms with Gasteiger partial charge < -0.3 is 15.2 Å². The molecule has 0 radical (unpaired) electrons. The lowest BCUT2D eigenvalue weighted by Gasteiger charge is -2.14. The van der Waals surface area contributed by atoms with E-state index in [0.29, 0.717) is 6.61 Å². The first-order valence-electron chi connectivity index (χ1n) is 7.75. The Bertz CT molecular complexity index is 919. The molecule has 2 N–H and O–H groups in total. The minimum absolute atomic E-state index is 0.297. The third-order valence-electron chi connectivity index (χ3n) is 4.39. The van der Waals surface area contributed by atoms with Gasteiger partial charge in [-0.3, -0.25) is 0 Å². The summed E-state index contributed by atoms with van der Waals surface area (Å²) in [5.74, 6) is -0.426. The Morgan fingerprint density at radius 3 is 2.61 bits per heavy atom. The second-order valence-electron chi connectivity index (χ2n) is 5.77. The highest BCUT2D eigenvalue weighted by molar-refractivity contribution is 6.03. The van der Waals surface area contributed by atoms with E-state index in [4.69, 9.17) is 4.74 Å². The normalized spacial score (nSPS) is 19.6. The Kier molecular flexibility index (Phi) is 3.20. The van der Waals surface area contributed by atoms with Crippen molar-refractivity contribution in [1.29, 1.82) is 0 Å². The van der Waals surface area contributed by atoms with Crippen molar-refractivity contribution in [2.24, 2.45) is 0 Å². The number of benzene rings is 3. The molecule has 0 spiro atoms. The molecule has 0 aromatic heterocycles. The van der Waals surface area contributed by atoms with Crippen LogP contribution in [0.4, 0.5) is 5.69 Å². The second-order valence-corrected chi connectivity index (χ2v) is 5.77. The standard InChI is InChI=1S/C19H17NO3/c1-2-23-19(22)17-18(21)16-14-10-12-6-4-3-5-11(12)9-13(14)7-8-15(16)20-17/h3-10,17-18,20-21H,2H2,1H3/t17-,18-/m1/s1. The topological polar surface area (TPSA) is 58.6 Å². The van der Waals surface area contributed by atoms with Crippen molar-refractivity contribution in [3.8, 4) is 0 Å². The maximum atomic E-state index is 12.0. The van der Waals surface area contributed by atoms with Gasteiger partial charge in [-0.15, -0.1) is 0 Å². The number of hydrogen-bond donors (Lipinski definition) is 2. The lowest BCUT2D eigenvalue weighted by molar-refractivity contribution is -0.146. The van der Waals surface area contributed by atoms with Gasteiger partial charge in [0.25, 0.3) is 0 Å². The molecule has 23 heavy (non-hydrogen) atoms. The summed E-state index contributed by atoms with van der Waals surface area (Å²) >= 11 is 0. The van der Waals surface area contributed by atoms with Gasteiger partial charge >= 0.3 is 5.97 Å². The largest absolute Gasteiger partial charge is 0.464 e. The predicted molar refractivity (Wildman–Crippen MR) is 90.5 cm³/mol. The van der Waals surface area contributed by atoms with Crippen molar-refractivity contribution in [2.45, 2.75) is 19.1 Å². The molecule has 4 heteroatoms. The molecule has 0 fully saturated rings. The lowest BCUT2D eigenvalue weighted by Crippen LogP contribution is -2.32. The number of carbonyl (C=O) groups is 1. The number of nitrogens with one attached hydrogen (secondary N) is 1. The zero-order valence-corrected chi connectivity index (χ0v) is 12.7. The molecule has 3 aromatic rings. The minimum Gasteiger partial charge on any atom is -0.464 e. The summed E-state index contributed by atoms with van der Waals surface area (Å²) in [6.07, 6.45) is -0.908. The number of ether oxygens (including phenoxy) is 1. The minimum atomic E-state index is -0.908. The van der Waals surface area contributed by atoms with Gasteiger partial charge in [-0.1, -0.05) is 30.3 Å². The molecule has 1 aliphatic heterocycles. The molecule has 0 aliphatic carbocycles. The molecule has 2 atom stereocenters. The Hall–Kier alpha value is -2.59. The number of anilines is 1. The van der Waals surface area contributed by atoms with E-state index >= 15 is 0 Å². The summed E-state index contributed by atoms with van der Waals surface area (Å²) in [5.41, 5.74) is 1.56. The number of aliphatic hydroxyl groups is 1. The number of rotatable bonds is 2. The van der Waals surface area contributed by atoms with E-state index < -0.39 is 18.1 Å². The van der Waals surface area contributed by atoms with Crippen molar-refractivity contribution >= 4 is 33.2 Å². The van der Waals surface area contributed by atoms with E-state index in [0.717, 1.165) is 32.8 Å². The summed E-state index contributed by atoms with van der Waals surface area (Å²) in [5, 5.41) is 18.0. The molecule has 4 nitrogen and oxygen atoms in total. The van der Waals surface area contributed by atoms with Crippen LogP contribution in [0.25, 0.3) is 21.5 Å².